The van der Waals surface area contributed by atoms with Gasteiger partial charge in [0.05, 0.1) is 31.7 Å². The molecular formula is C24H27N7O3. The van der Waals surface area contributed by atoms with E-state index >= 15 is 0 Å². The number of rotatable bonds is 8. The average molecular weight is 462 g/mol. The van der Waals surface area contributed by atoms with E-state index in [1.807, 2.05) is 69.0 Å². The molecule has 0 bridgehead atoms. The number of morpholine rings is 1. The summed E-state index contributed by atoms with van der Waals surface area (Å²) in [5, 5.41) is 8.77. The van der Waals surface area contributed by atoms with Crippen molar-refractivity contribution in [2.75, 3.05) is 37.8 Å². The van der Waals surface area contributed by atoms with Crippen molar-refractivity contribution in [2.24, 2.45) is 14.1 Å². The Hall–Kier alpha value is -3.92. The Kier molecular flexibility index (Phi) is 6.39. The smallest absolute Gasteiger partial charge is 0.321 e. The maximum atomic E-state index is 6.15. The highest BCUT2D eigenvalue weighted by molar-refractivity contribution is 5.60. The molecule has 1 fully saturated rings. The van der Waals surface area contributed by atoms with Crippen LogP contribution in [0.2, 0.25) is 0 Å². The number of hydrogen-bond acceptors (Lipinski definition) is 8. The van der Waals surface area contributed by atoms with E-state index < -0.39 is 0 Å². The lowest BCUT2D eigenvalue weighted by molar-refractivity contribution is 0.122. The Morgan fingerprint density at radius 2 is 1.85 bits per heavy atom. The summed E-state index contributed by atoms with van der Waals surface area (Å²) in [7, 11) is 3.74. The van der Waals surface area contributed by atoms with Crippen molar-refractivity contribution in [2.45, 2.75) is 6.42 Å². The summed E-state index contributed by atoms with van der Waals surface area (Å²) in [5.74, 6) is 1.72. The SMILES string of the molecule is Cn1cc(CCOc2nc(Oc3cc(-c4ccccc4)nn3C)cc(N3CCOCC3)n2)cn1. The van der Waals surface area contributed by atoms with Crippen LogP contribution in [-0.2, 0) is 25.3 Å². The van der Waals surface area contributed by atoms with Gasteiger partial charge in [0, 0.05) is 57.5 Å². The molecule has 1 saturated heterocycles. The van der Waals surface area contributed by atoms with Crippen LogP contribution in [0.4, 0.5) is 5.82 Å². The van der Waals surface area contributed by atoms with Crippen molar-refractivity contribution >= 4 is 5.82 Å². The lowest BCUT2D eigenvalue weighted by atomic mass is 10.2. The summed E-state index contributed by atoms with van der Waals surface area (Å²) >= 11 is 0. The molecule has 34 heavy (non-hydrogen) atoms. The van der Waals surface area contributed by atoms with Crippen LogP contribution >= 0.6 is 0 Å². The second-order valence-electron chi connectivity index (χ2n) is 8.03. The van der Waals surface area contributed by atoms with Gasteiger partial charge in [0.25, 0.3) is 0 Å². The maximum Gasteiger partial charge on any atom is 0.321 e. The van der Waals surface area contributed by atoms with Crippen LogP contribution in [0.15, 0.2) is 54.9 Å². The largest absolute Gasteiger partial charge is 0.463 e. The molecule has 0 amide bonds. The molecule has 3 aromatic heterocycles. The number of benzene rings is 1. The zero-order valence-corrected chi connectivity index (χ0v) is 19.3. The lowest BCUT2D eigenvalue weighted by Gasteiger charge is -2.28. The molecule has 0 radical (unpaired) electrons. The van der Waals surface area contributed by atoms with Crippen LogP contribution in [0.5, 0.6) is 17.8 Å². The van der Waals surface area contributed by atoms with Crippen LogP contribution in [0.1, 0.15) is 5.56 Å². The van der Waals surface area contributed by atoms with E-state index in [0.717, 1.165) is 35.7 Å². The monoisotopic (exact) mass is 461 g/mol. The molecule has 0 spiro atoms. The fourth-order valence-electron chi connectivity index (χ4n) is 3.73. The molecule has 10 heteroatoms. The van der Waals surface area contributed by atoms with Crippen molar-refractivity contribution < 1.29 is 14.2 Å². The van der Waals surface area contributed by atoms with Crippen LogP contribution in [0.3, 0.4) is 0 Å². The lowest BCUT2D eigenvalue weighted by Crippen LogP contribution is -2.36. The molecular weight excluding hydrogens is 434 g/mol. The number of hydrogen-bond donors (Lipinski definition) is 0. The number of ether oxygens (including phenoxy) is 3. The van der Waals surface area contributed by atoms with Gasteiger partial charge < -0.3 is 19.1 Å². The first-order chi connectivity index (χ1) is 16.6. The predicted molar refractivity (Wildman–Crippen MR) is 126 cm³/mol. The molecule has 4 aromatic rings. The van der Waals surface area contributed by atoms with Gasteiger partial charge in [0.1, 0.15) is 5.82 Å². The Balaban J connectivity index is 1.37. The Morgan fingerprint density at radius 1 is 1.03 bits per heavy atom. The zero-order chi connectivity index (χ0) is 23.3. The highest BCUT2D eigenvalue weighted by Crippen LogP contribution is 2.29. The number of nitrogens with zero attached hydrogens (tertiary/aromatic N) is 7. The van der Waals surface area contributed by atoms with E-state index in [0.29, 0.717) is 38.0 Å². The van der Waals surface area contributed by atoms with Crippen LogP contribution in [0, 0.1) is 0 Å². The normalized spacial score (nSPS) is 13.8. The molecule has 0 unspecified atom stereocenters. The first-order valence-corrected chi connectivity index (χ1v) is 11.2. The fraction of sp³-hybridized carbons (Fsp3) is 0.333. The van der Waals surface area contributed by atoms with E-state index in [9.17, 15) is 0 Å². The first kappa shape index (κ1) is 21.9. The van der Waals surface area contributed by atoms with Crippen molar-refractivity contribution in [3.8, 4) is 29.0 Å². The third-order valence-electron chi connectivity index (χ3n) is 5.50. The summed E-state index contributed by atoms with van der Waals surface area (Å²) in [6, 6.07) is 14.0. The topological polar surface area (TPSA) is 92.4 Å². The minimum atomic E-state index is 0.272. The minimum Gasteiger partial charge on any atom is -0.463 e. The molecule has 4 heterocycles. The second kappa shape index (κ2) is 9.92. The second-order valence-corrected chi connectivity index (χ2v) is 8.03. The zero-order valence-electron chi connectivity index (χ0n) is 19.3. The average Bonchev–Trinajstić information content (AvgIpc) is 3.45. The highest BCUT2D eigenvalue weighted by Gasteiger charge is 2.18. The molecule has 0 N–H and O–H groups in total. The van der Waals surface area contributed by atoms with E-state index in [2.05, 4.69) is 25.1 Å². The molecule has 0 saturated carbocycles. The summed E-state index contributed by atoms with van der Waals surface area (Å²) in [4.78, 5) is 11.3. The molecule has 1 aromatic carbocycles. The Morgan fingerprint density at radius 3 is 2.62 bits per heavy atom. The molecule has 0 atom stereocenters. The number of anilines is 1. The number of aromatic nitrogens is 6. The quantitative estimate of drug-likeness (QED) is 0.396. The van der Waals surface area contributed by atoms with Crippen molar-refractivity contribution in [3.05, 3.63) is 60.4 Å². The van der Waals surface area contributed by atoms with Gasteiger partial charge in [-0.15, -0.1) is 0 Å². The standard InChI is InChI=1S/C24H27N7O3/c1-29-17-18(16-25-29)8-11-33-24-26-21(31-9-12-32-13-10-31)15-22(27-24)34-23-14-20(28-30(23)2)19-6-4-3-5-7-19/h3-7,14-17H,8-13H2,1-2H3. The summed E-state index contributed by atoms with van der Waals surface area (Å²) in [6.07, 6.45) is 4.50. The highest BCUT2D eigenvalue weighted by atomic mass is 16.5. The molecule has 0 aliphatic carbocycles. The van der Waals surface area contributed by atoms with Gasteiger partial charge in [0.2, 0.25) is 11.8 Å². The van der Waals surface area contributed by atoms with Gasteiger partial charge in [-0.1, -0.05) is 30.3 Å². The van der Waals surface area contributed by atoms with Gasteiger partial charge in [0.15, 0.2) is 0 Å². The van der Waals surface area contributed by atoms with E-state index in [1.54, 1.807) is 9.36 Å². The van der Waals surface area contributed by atoms with Crippen molar-refractivity contribution in [1.29, 1.82) is 0 Å². The molecule has 5 rings (SSSR count). The molecule has 1 aliphatic rings. The maximum absolute atomic E-state index is 6.15. The van der Waals surface area contributed by atoms with Gasteiger partial charge >= 0.3 is 6.01 Å². The minimum absolute atomic E-state index is 0.272. The molecule has 10 nitrogen and oxygen atoms in total. The molecule has 1 aliphatic heterocycles. The van der Waals surface area contributed by atoms with Crippen molar-refractivity contribution in [1.82, 2.24) is 29.5 Å². The van der Waals surface area contributed by atoms with Gasteiger partial charge in [-0.25, -0.2) is 4.68 Å². The summed E-state index contributed by atoms with van der Waals surface area (Å²) < 4.78 is 21.0. The third-order valence-corrected chi connectivity index (χ3v) is 5.50. The van der Waals surface area contributed by atoms with Gasteiger partial charge in [-0.2, -0.15) is 20.2 Å². The van der Waals surface area contributed by atoms with Gasteiger partial charge in [-0.3, -0.25) is 4.68 Å². The van der Waals surface area contributed by atoms with Gasteiger partial charge in [-0.05, 0) is 5.56 Å². The van der Waals surface area contributed by atoms with Crippen LogP contribution < -0.4 is 14.4 Å². The number of aryl methyl sites for hydroxylation is 2. The van der Waals surface area contributed by atoms with E-state index in [-0.39, 0.29) is 6.01 Å². The van der Waals surface area contributed by atoms with Crippen molar-refractivity contribution in [3.63, 3.8) is 0 Å². The predicted octanol–water partition coefficient (Wildman–Crippen LogP) is 2.86. The van der Waals surface area contributed by atoms with E-state index in [1.165, 1.54) is 0 Å². The Labute approximate surface area is 197 Å². The fourth-order valence-corrected chi connectivity index (χ4v) is 3.73. The summed E-state index contributed by atoms with van der Waals surface area (Å²) in [5.41, 5.74) is 2.93. The Bertz CT molecular complexity index is 1230. The van der Waals surface area contributed by atoms with Crippen LogP contribution in [-0.4, -0.2) is 62.4 Å². The first-order valence-electron chi connectivity index (χ1n) is 11.2. The summed E-state index contributed by atoms with van der Waals surface area (Å²) in [6.45, 7) is 3.23. The molecule has 176 valence electrons. The third kappa shape index (κ3) is 5.18. The van der Waals surface area contributed by atoms with Crippen LogP contribution in [0.25, 0.3) is 11.3 Å². The van der Waals surface area contributed by atoms with E-state index in [4.69, 9.17) is 14.2 Å².